The van der Waals surface area contributed by atoms with Gasteiger partial charge in [-0.2, -0.15) is 10.2 Å². The van der Waals surface area contributed by atoms with Gasteiger partial charge in [0.25, 0.3) is 6.43 Å². The maximum absolute atomic E-state index is 13.9. The number of carbonyl (C=O) groups excluding carboxylic acids is 1. The van der Waals surface area contributed by atoms with Crippen LogP contribution < -0.4 is 10.6 Å². The first-order valence-corrected chi connectivity index (χ1v) is 12.1. The van der Waals surface area contributed by atoms with E-state index in [1.165, 1.54) is 6.07 Å². The molecular weight excluding hydrogens is 516 g/mol. The van der Waals surface area contributed by atoms with Crippen molar-refractivity contribution in [1.82, 2.24) is 25.1 Å². The molecule has 8 nitrogen and oxygen atoms in total. The van der Waals surface area contributed by atoms with Gasteiger partial charge in [0, 0.05) is 30.1 Å². The first kappa shape index (κ1) is 26.3. The van der Waals surface area contributed by atoms with Crippen LogP contribution in [0, 0.1) is 18.6 Å². The lowest BCUT2D eigenvalue weighted by atomic mass is 10.0. The summed E-state index contributed by atoms with van der Waals surface area (Å²) in [5, 5.41) is 11.3. The molecule has 202 valence electrons. The Morgan fingerprint density at radius 1 is 1.10 bits per heavy atom. The van der Waals surface area contributed by atoms with E-state index < -0.39 is 42.8 Å². The highest BCUT2D eigenvalue weighted by Crippen LogP contribution is 2.32. The monoisotopic (exact) mass is 540 g/mol. The summed E-state index contributed by atoms with van der Waals surface area (Å²) in [6, 6.07) is 14.4. The molecule has 2 amide bonds. The molecule has 2 aromatic carbocycles. The molecule has 2 N–H and O–H groups in total. The smallest absolute Gasteiger partial charge is 0.320 e. The predicted octanol–water partition coefficient (Wildman–Crippen LogP) is 5.26. The number of hydroxylamine groups is 2. The molecule has 4 aromatic rings. The lowest BCUT2D eigenvalue weighted by Crippen LogP contribution is -2.42. The molecule has 0 aliphatic carbocycles. The second-order valence-corrected chi connectivity index (χ2v) is 8.95. The number of pyridine rings is 1. The Labute approximate surface area is 221 Å². The fraction of sp³-hybridized carbons (Fsp3) is 0.222. The molecule has 0 radical (unpaired) electrons. The highest BCUT2D eigenvalue weighted by molar-refractivity contribution is 5.91. The molecule has 1 aliphatic rings. The SMILES string of the molecule is Cc1c(-c2cccnc2)nn(-c2ccccc2)c1NC(=O)N[C@@H]1CN(CC(F)F)O[C@H]1c1ccc(F)c(F)c1. The summed E-state index contributed by atoms with van der Waals surface area (Å²) in [7, 11) is 0. The third-order valence-corrected chi connectivity index (χ3v) is 6.25. The Kier molecular flexibility index (Phi) is 7.57. The number of nitrogens with one attached hydrogen (secondary N) is 2. The Morgan fingerprint density at radius 2 is 1.90 bits per heavy atom. The second kappa shape index (κ2) is 11.2. The van der Waals surface area contributed by atoms with Gasteiger partial charge in [-0.05, 0) is 48.9 Å². The van der Waals surface area contributed by atoms with Gasteiger partial charge in [0.15, 0.2) is 11.6 Å². The maximum atomic E-state index is 13.9. The molecule has 1 aliphatic heterocycles. The van der Waals surface area contributed by atoms with E-state index in [1.54, 1.807) is 30.1 Å². The number of amides is 2. The van der Waals surface area contributed by atoms with Gasteiger partial charge in [0.2, 0.25) is 0 Å². The molecule has 2 atom stereocenters. The summed E-state index contributed by atoms with van der Waals surface area (Å²) in [5.74, 6) is -1.79. The van der Waals surface area contributed by atoms with Gasteiger partial charge >= 0.3 is 6.03 Å². The molecule has 12 heteroatoms. The number of halogens is 4. The Morgan fingerprint density at radius 3 is 2.59 bits per heavy atom. The van der Waals surface area contributed by atoms with Gasteiger partial charge in [0.05, 0.1) is 24.0 Å². The van der Waals surface area contributed by atoms with Crippen LogP contribution >= 0.6 is 0 Å². The molecular formula is C27H24F4N6O2. The number of anilines is 1. The zero-order valence-electron chi connectivity index (χ0n) is 20.7. The molecule has 1 fully saturated rings. The maximum Gasteiger partial charge on any atom is 0.320 e. The number of benzene rings is 2. The van der Waals surface area contributed by atoms with Crippen molar-refractivity contribution >= 4 is 11.8 Å². The summed E-state index contributed by atoms with van der Waals surface area (Å²) in [6.07, 6.45) is -0.411. The molecule has 2 aromatic heterocycles. The number of carbonyl (C=O) groups is 1. The summed E-state index contributed by atoms with van der Waals surface area (Å²) >= 11 is 0. The van der Waals surface area contributed by atoms with Crippen LogP contribution in [0.4, 0.5) is 28.2 Å². The van der Waals surface area contributed by atoms with Crippen LogP contribution in [0.25, 0.3) is 16.9 Å². The minimum absolute atomic E-state index is 0.0979. The summed E-state index contributed by atoms with van der Waals surface area (Å²) < 4.78 is 55.1. The molecule has 0 unspecified atom stereocenters. The van der Waals surface area contributed by atoms with Gasteiger partial charge in [-0.3, -0.25) is 15.1 Å². The fourth-order valence-electron chi connectivity index (χ4n) is 4.46. The first-order valence-electron chi connectivity index (χ1n) is 12.1. The van der Waals surface area contributed by atoms with Gasteiger partial charge < -0.3 is 5.32 Å². The molecule has 0 saturated carbocycles. The number of aromatic nitrogens is 3. The summed E-state index contributed by atoms with van der Waals surface area (Å²) in [6.45, 7) is 0.991. The first-order chi connectivity index (χ1) is 18.8. The number of para-hydroxylation sites is 1. The van der Waals surface area contributed by atoms with Crippen LogP contribution in [0.3, 0.4) is 0 Å². The average Bonchev–Trinajstić information content (AvgIpc) is 3.46. The van der Waals surface area contributed by atoms with Crippen molar-refractivity contribution < 1.29 is 27.2 Å². The third-order valence-electron chi connectivity index (χ3n) is 6.25. The minimum atomic E-state index is -2.70. The Bertz CT molecular complexity index is 1450. The zero-order chi connectivity index (χ0) is 27.5. The number of hydrogen-bond acceptors (Lipinski definition) is 5. The van der Waals surface area contributed by atoms with Crippen molar-refractivity contribution in [2.45, 2.75) is 25.5 Å². The van der Waals surface area contributed by atoms with Crippen molar-refractivity contribution in [1.29, 1.82) is 0 Å². The molecule has 1 saturated heterocycles. The molecule has 5 rings (SSSR count). The van der Waals surface area contributed by atoms with E-state index in [4.69, 9.17) is 9.94 Å². The average molecular weight is 541 g/mol. The second-order valence-electron chi connectivity index (χ2n) is 8.95. The third kappa shape index (κ3) is 5.76. The molecule has 0 spiro atoms. The van der Waals surface area contributed by atoms with E-state index in [0.29, 0.717) is 22.8 Å². The number of alkyl halides is 2. The summed E-state index contributed by atoms with van der Waals surface area (Å²) in [5.41, 5.74) is 2.91. The van der Waals surface area contributed by atoms with E-state index in [9.17, 15) is 22.4 Å². The highest BCUT2D eigenvalue weighted by atomic mass is 19.3. The predicted molar refractivity (Wildman–Crippen MR) is 135 cm³/mol. The van der Waals surface area contributed by atoms with Crippen molar-refractivity contribution in [3.63, 3.8) is 0 Å². The number of rotatable bonds is 7. The fourth-order valence-corrected chi connectivity index (χ4v) is 4.46. The lowest BCUT2D eigenvalue weighted by Gasteiger charge is -2.20. The number of nitrogens with zero attached hydrogens (tertiary/aromatic N) is 4. The van der Waals surface area contributed by atoms with Gasteiger partial charge in [-0.15, -0.1) is 0 Å². The van der Waals surface area contributed by atoms with Crippen molar-refractivity contribution in [3.8, 4) is 16.9 Å². The highest BCUT2D eigenvalue weighted by Gasteiger charge is 2.38. The Hall–Kier alpha value is -4.29. The number of hydrogen-bond donors (Lipinski definition) is 2. The van der Waals surface area contributed by atoms with E-state index in [-0.39, 0.29) is 12.1 Å². The van der Waals surface area contributed by atoms with Crippen LogP contribution in [-0.2, 0) is 4.84 Å². The van der Waals surface area contributed by atoms with Crippen LogP contribution in [0.5, 0.6) is 0 Å². The topological polar surface area (TPSA) is 84.3 Å². The molecule has 39 heavy (non-hydrogen) atoms. The normalized spacial score (nSPS) is 17.5. The number of urea groups is 1. The largest absolute Gasteiger partial charge is 0.331 e. The van der Waals surface area contributed by atoms with Crippen molar-refractivity contribution in [2.75, 3.05) is 18.4 Å². The van der Waals surface area contributed by atoms with Crippen LogP contribution in [0.1, 0.15) is 17.2 Å². The Balaban J connectivity index is 1.43. The van der Waals surface area contributed by atoms with Gasteiger partial charge in [-0.25, -0.2) is 27.0 Å². The van der Waals surface area contributed by atoms with E-state index in [1.807, 2.05) is 36.4 Å². The van der Waals surface area contributed by atoms with Crippen molar-refractivity contribution in [3.05, 3.63) is 95.8 Å². The van der Waals surface area contributed by atoms with Crippen LogP contribution in [0.2, 0.25) is 0 Å². The lowest BCUT2D eigenvalue weighted by molar-refractivity contribution is -0.166. The van der Waals surface area contributed by atoms with Crippen LogP contribution in [-0.4, -0.2) is 51.4 Å². The van der Waals surface area contributed by atoms with E-state index in [2.05, 4.69) is 15.6 Å². The standard InChI is InChI=1S/C27H24F4N6O2/c1-16-24(18-6-5-11-32-13-18)35-37(19-7-3-2-4-8-19)26(16)34-27(38)33-22-14-36(15-23(30)31)39-25(22)17-9-10-20(28)21(29)12-17/h2-13,22-23,25H,14-15H2,1H3,(H2,33,34,38)/t22-,25+/m1/s1. The van der Waals surface area contributed by atoms with Crippen LogP contribution in [0.15, 0.2) is 73.1 Å². The summed E-state index contributed by atoms with van der Waals surface area (Å²) in [4.78, 5) is 23.0. The molecule has 0 bridgehead atoms. The minimum Gasteiger partial charge on any atom is -0.331 e. The van der Waals surface area contributed by atoms with Gasteiger partial charge in [0.1, 0.15) is 11.9 Å². The van der Waals surface area contributed by atoms with E-state index in [0.717, 1.165) is 22.8 Å². The van der Waals surface area contributed by atoms with E-state index >= 15 is 0 Å². The van der Waals surface area contributed by atoms with Crippen molar-refractivity contribution in [2.24, 2.45) is 0 Å². The quantitative estimate of drug-likeness (QED) is 0.312. The zero-order valence-corrected chi connectivity index (χ0v) is 20.7. The molecule has 3 heterocycles. The van der Waals surface area contributed by atoms with Gasteiger partial charge in [-0.1, -0.05) is 24.3 Å².